The van der Waals surface area contributed by atoms with E-state index >= 15 is 0 Å². The summed E-state index contributed by atoms with van der Waals surface area (Å²) >= 11 is 1.36. The number of fused-ring (bicyclic) bond motifs is 1. The summed E-state index contributed by atoms with van der Waals surface area (Å²) < 4.78 is 11.5. The van der Waals surface area contributed by atoms with E-state index in [0.29, 0.717) is 22.9 Å². The lowest BCUT2D eigenvalue weighted by molar-refractivity contribution is 0.0229. The van der Waals surface area contributed by atoms with Crippen LogP contribution >= 0.6 is 11.3 Å². The maximum Gasteiger partial charge on any atom is 0.263 e. The van der Waals surface area contributed by atoms with Crippen molar-refractivity contribution in [3.8, 4) is 5.75 Å². The molecule has 0 aliphatic carbocycles. The monoisotopic (exact) mass is 308 g/mol. The molecule has 0 bridgehead atoms. The first-order valence-electron chi connectivity index (χ1n) is 6.58. The molecule has 1 heterocycles. The van der Waals surface area contributed by atoms with Crippen molar-refractivity contribution in [3.05, 3.63) is 23.1 Å². The number of benzene rings is 1. The van der Waals surface area contributed by atoms with Crippen molar-refractivity contribution in [1.29, 1.82) is 0 Å². The van der Waals surface area contributed by atoms with Crippen molar-refractivity contribution < 1.29 is 14.3 Å². The minimum Gasteiger partial charge on any atom is -0.496 e. The highest BCUT2D eigenvalue weighted by Gasteiger charge is 2.22. The number of rotatable bonds is 5. The molecule has 114 valence electrons. The number of nitrogens with two attached hydrogens (primary N) is 1. The Bertz CT molecular complexity index is 664. The van der Waals surface area contributed by atoms with Crippen molar-refractivity contribution in [3.63, 3.8) is 0 Å². The summed E-state index contributed by atoms with van der Waals surface area (Å²) in [6.45, 7) is 4.22. The second-order valence-electron chi connectivity index (χ2n) is 5.32. The summed E-state index contributed by atoms with van der Waals surface area (Å²) in [6, 6.07) is 5.64. The van der Waals surface area contributed by atoms with Gasteiger partial charge in [-0.2, -0.15) is 0 Å². The maximum atomic E-state index is 12.3. The Kier molecular flexibility index (Phi) is 4.39. The highest BCUT2D eigenvalue weighted by Crippen LogP contribution is 2.39. The number of amides is 1. The Morgan fingerprint density at radius 1 is 1.38 bits per heavy atom. The summed E-state index contributed by atoms with van der Waals surface area (Å²) in [5, 5.41) is 3.65. The summed E-state index contributed by atoms with van der Waals surface area (Å²) in [4.78, 5) is 12.8. The van der Waals surface area contributed by atoms with Crippen molar-refractivity contribution in [2.24, 2.45) is 0 Å². The molecule has 0 saturated heterocycles. The summed E-state index contributed by atoms with van der Waals surface area (Å²) in [6.07, 6.45) is 0. The normalized spacial score (nSPS) is 11.6. The molecular formula is C15H20N2O3S. The Morgan fingerprint density at radius 3 is 2.71 bits per heavy atom. The lowest BCUT2D eigenvalue weighted by atomic mass is 10.1. The first-order valence-corrected chi connectivity index (χ1v) is 7.39. The van der Waals surface area contributed by atoms with Crippen LogP contribution in [0.3, 0.4) is 0 Å². The number of anilines is 1. The van der Waals surface area contributed by atoms with Gasteiger partial charge < -0.3 is 20.5 Å². The zero-order valence-electron chi connectivity index (χ0n) is 12.6. The van der Waals surface area contributed by atoms with Crippen LogP contribution < -0.4 is 15.8 Å². The number of nitrogen functional groups attached to an aromatic ring is 1. The van der Waals surface area contributed by atoms with Gasteiger partial charge >= 0.3 is 0 Å². The largest absolute Gasteiger partial charge is 0.496 e. The zero-order chi connectivity index (χ0) is 15.6. The van der Waals surface area contributed by atoms with Crippen LogP contribution in [0.1, 0.15) is 23.5 Å². The van der Waals surface area contributed by atoms with E-state index in [1.54, 1.807) is 14.2 Å². The second-order valence-corrected chi connectivity index (χ2v) is 6.38. The molecule has 0 fully saturated rings. The van der Waals surface area contributed by atoms with E-state index in [9.17, 15) is 4.79 Å². The van der Waals surface area contributed by atoms with Gasteiger partial charge in [0.1, 0.15) is 10.6 Å². The third-order valence-corrected chi connectivity index (χ3v) is 4.54. The number of nitrogens with one attached hydrogen (secondary N) is 1. The summed E-state index contributed by atoms with van der Waals surface area (Å²) in [5.74, 6) is 0.485. The van der Waals surface area contributed by atoms with Crippen LogP contribution in [-0.4, -0.2) is 32.3 Å². The summed E-state index contributed by atoms with van der Waals surface area (Å²) in [5.41, 5.74) is 6.17. The van der Waals surface area contributed by atoms with Crippen molar-refractivity contribution in [2.75, 3.05) is 26.5 Å². The molecule has 21 heavy (non-hydrogen) atoms. The SMILES string of the molecule is COc1cccc2sc(C(=O)NCC(C)(C)OC)c(N)c12. The standard InChI is InChI=1S/C15H20N2O3S/c1-15(2,20-4)8-17-14(18)13-12(16)11-9(19-3)6-5-7-10(11)21-13/h5-7H,8,16H2,1-4H3,(H,17,18). The predicted octanol–water partition coefficient (Wildman–Crippen LogP) is 2.65. The fourth-order valence-corrected chi connectivity index (χ4v) is 2.98. The molecule has 3 N–H and O–H groups in total. The fraction of sp³-hybridized carbons (Fsp3) is 0.400. The molecule has 1 aromatic carbocycles. The third kappa shape index (κ3) is 3.11. The van der Waals surface area contributed by atoms with Crippen LogP contribution in [0.2, 0.25) is 0 Å². The predicted molar refractivity (Wildman–Crippen MR) is 86.2 cm³/mol. The van der Waals surface area contributed by atoms with E-state index < -0.39 is 5.60 Å². The van der Waals surface area contributed by atoms with Crippen LogP contribution in [-0.2, 0) is 4.74 Å². The molecule has 5 nitrogen and oxygen atoms in total. The molecule has 0 saturated carbocycles. The van der Waals surface area contributed by atoms with Crippen LogP contribution in [0, 0.1) is 0 Å². The molecule has 2 rings (SSSR count). The minimum absolute atomic E-state index is 0.194. The zero-order valence-corrected chi connectivity index (χ0v) is 13.5. The van der Waals surface area contributed by atoms with Crippen molar-refractivity contribution >= 4 is 33.0 Å². The van der Waals surface area contributed by atoms with Crippen molar-refractivity contribution in [2.45, 2.75) is 19.4 Å². The van der Waals surface area contributed by atoms with Crippen LogP contribution in [0.4, 0.5) is 5.69 Å². The third-order valence-electron chi connectivity index (χ3n) is 3.37. The van der Waals surface area contributed by atoms with Gasteiger partial charge in [0.15, 0.2) is 0 Å². The smallest absolute Gasteiger partial charge is 0.263 e. The first-order chi connectivity index (χ1) is 9.89. The van der Waals surface area contributed by atoms with Gasteiger partial charge in [-0.3, -0.25) is 4.79 Å². The Balaban J connectivity index is 2.30. The molecule has 2 aromatic rings. The molecule has 0 unspecified atom stereocenters. The average molecular weight is 308 g/mol. The van der Waals surface area contributed by atoms with E-state index in [2.05, 4.69) is 5.32 Å². The Labute approximate surface area is 128 Å². The number of carbonyl (C=O) groups excluding carboxylic acids is 1. The molecule has 1 amide bonds. The highest BCUT2D eigenvalue weighted by atomic mass is 32.1. The number of ether oxygens (including phenoxy) is 2. The van der Waals surface area contributed by atoms with Gasteiger partial charge in [-0.25, -0.2) is 0 Å². The number of hydrogen-bond donors (Lipinski definition) is 2. The van der Waals surface area contributed by atoms with Gasteiger partial charge in [0.05, 0.1) is 23.8 Å². The molecule has 0 aliphatic rings. The van der Waals surface area contributed by atoms with Gasteiger partial charge in [0.25, 0.3) is 5.91 Å². The minimum atomic E-state index is -0.418. The fourth-order valence-electron chi connectivity index (χ4n) is 1.92. The average Bonchev–Trinajstić information content (AvgIpc) is 2.82. The second kappa shape index (κ2) is 5.91. The number of carbonyl (C=O) groups is 1. The number of methoxy groups -OCH3 is 2. The summed E-state index contributed by atoms with van der Waals surface area (Å²) in [7, 11) is 3.21. The van der Waals surface area contributed by atoms with E-state index in [-0.39, 0.29) is 5.91 Å². The van der Waals surface area contributed by atoms with E-state index in [1.165, 1.54) is 11.3 Å². The van der Waals surface area contributed by atoms with Crippen molar-refractivity contribution in [1.82, 2.24) is 5.32 Å². The highest BCUT2D eigenvalue weighted by molar-refractivity contribution is 7.21. The van der Waals surface area contributed by atoms with E-state index in [1.807, 2.05) is 32.0 Å². The lowest BCUT2D eigenvalue weighted by Gasteiger charge is -2.22. The molecule has 0 spiro atoms. The van der Waals surface area contributed by atoms with E-state index in [4.69, 9.17) is 15.2 Å². The molecule has 0 atom stereocenters. The molecule has 0 aliphatic heterocycles. The van der Waals surface area contributed by atoms with Crippen LogP contribution in [0.5, 0.6) is 5.75 Å². The molecular weight excluding hydrogens is 288 g/mol. The van der Waals surface area contributed by atoms with Gasteiger partial charge in [-0.15, -0.1) is 11.3 Å². The molecule has 6 heteroatoms. The van der Waals surface area contributed by atoms with Gasteiger partial charge in [-0.05, 0) is 26.0 Å². The number of thiophene rings is 1. The Morgan fingerprint density at radius 2 is 2.10 bits per heavy atom. The van der Waals surface area contributed by atoms with Gasteiger partial charge in [-0.1, -0.05) is 6.07 Å². The quantitative estimate of drug-likeness (QED) is 0.890. The van der Waals surface area contributed by atoms with E-state index in [0.717, 1.165) is 10.1 Å². The first kappa shape index (κ1) is 15.6. The molecule has 0 radical (unpaired) electrons. The van der Waals surface area contributed by atoms with Crippen LogP contribution in [0.15, 0.2) is 18.2 Å². The molecule has 1 aromatic heterocycles. The topological polar surface area (TPSA) is 73.6 Å². The van der Waals surface area contributed by atoms with Crippen LogP contribution in [0.25, 0.3) is 10.1 Å². The maximum absolute atomic E-state index is 12.3. The van der Waals surface area contributed by atoms with Gasteiger partial charge in [0, 0.05) is 18.4 Å². The lowest BCUT2D eigenvalue weighted by Crippen LogP contribution is -2.39. The number of hydrogen-bond acceptors (Lipinski definition) is 5. The van der Waals surface area contributed by atoms with Gasteiger partial charge in [0.2, 0.25) is 0 Å². The Hall–Kier alpha value is -1.79.